The van der Waals surface area contributed by atoms with E-state index in [-0.39, 0.29) is 0 Å². The van der Waals surface area contributed by atoms with Crippen molar-refractivity contribution in [1.29, 1.82) is 0 Å². The molecule has 0 saturated heterocycles. The molecular formula is C52H52. The van der Waals surface area contributed by atoms with Crippen molar-refractivity contribution >= 4 is 0 Å². The van der Waals surface area contributed by atoms with Gasteiger partial charge in [0, 0.05) is 22.3 Å². The van der Waals surface area contributed by atoms with Crippen LogP contribution in [-0.2, 0) is 77.0 Å². The third-order valence-electron chi connectivity index (χ3n) is 12.8. The molecule has 0 heteroatoms. The Balaban J connectivity index is 1.18. The lowest BCUT2D eigenvalue weighted by Gasteiger charge is -2.21. The van der Waals surface area contributed by atoms with E-state index in [2.05, 4.69) is 96.5 Å². The Morgan fingerprint density at radius 3 is 0.712 bits per heavy atom. The standard InChI is InChI=1S/C52H52/c1-2-14-42-30-26-38-18-6-10-22-46(38)50(42)35-36-52-44(32-28-40-20-8-12-24-48(40)52)16-4-3-15-43-31-27-39-19-7-11-23-47(39)51(43)34-33-49-41(13-1)29-25-37-17-5-9-21-45(37)49/h1-4,25-32H,5-24H2/b2-1+,4-3+. The van der Waals surface area contributed by atoms with Crippen LogP contribution in [0.1, 0.15) is 140 Å². The highest BCUT2D eigenvalue weighted by Gasteiger charge is 2.20. The quantitative estimate of drug-likeness (QED) is 0.128. The van der Waals surface area contributed by atoms with Crippen molar-refractivity contribution < 1.29 is 0 Å². The molecule has 0 aromatic heterocycles. The van der Waals surface area contributed by atoms with Gasteiger partial charge in [0.25, 0.3) is 0 Å². The van der Waals surface area contributed by atoms with Crippen molar-refractivity contribution in [3.63, 3.8) is 0 Å². The number of hydrogen-bond donors (Lipinski definition) is 0. The van der Waals surface area contributed by atoms with Crippen LogP contribution in [-0.4, -0.2) is 0 Å². The van der Waals surface area contributed by atoms with Crippen LogP contribution in [0.15, 0.2) is 72.8 Å². The van der Waals surface area contributed by atoms with Gasteiger partial charge in [0.05, 0.1) is 0 Å². The third kappa shape index (κ3) is 6.75. The Bertz CT molecular complexity index is 1900. The molecule has 4 aromatic carbocycles. The van der Waals surface area contributed by atoms with Crippen molar-refractivity contribution in [3.8, 4) is 23.7 Å². The molecule has 0 radical (unpaired) electrons. The molecule has 0 nitrogen and oxygen atoms in total. The first-order valence-corrected chi connectivity index (χ1v) is 20.7. The number of aryl methyl sites for hydroxylation is 4. The van der Waals surface area contributed by atoms with E-state index < -0.39 is 0 Å². The summed E-state index contributed by atoms with van der Waals surface area (Å²) in [5.74, 6) is 15.5. The topological polar surface area (TPSA) is 0 Å². The van der Waals surface area contributed by atoms with E-state index in [1.807, 2.05) is 0 Å². The van der Waals surface area contributed by atoms with Crippen LogP contribution in [0.5, 0.6) is 0 Å². The smallest absolute Gasteiger partial charge is 0.0318 e. The van der Waals surface area contributed by atoms with Crippen LogP contribution in [0.3, 0.4) is 0 Å². The van der Waals surface area contributed by atoms with E-state index in [0.29, 0.717) is 0 Å². The molecule has 0 spiro atoms. The summed E-state index contributed by atoms with van der Waals surface area (Å²) >= 11 is 0. The first kappa shape index (κ1) is 33.3. The van der Waals surface area contributed by atoms with Crippen molar-refractivity contribution in [3.05, 3.63) is 162 Å². The SMILES string of the molecule is C1#Cc2c(ccc3c2CCCC3)C/C=C/Cc2ccc3c(c2C#Cc2c(ccc4c2CCCC4)C/C=C/Cc2ccc4c(c21)CCCC4)CCCC3. The van der Waals surface area contributed by atoms with Gasteiger partial charge in [0.1, 0.15) is 0 Å². The van der Waals surface area contributed by atoms with Crippen LogP contribution in [0, 0.1) is 23.7 Å². The average Bonchev–Trinajstić information content (AvgIpc) is 3.20. The zero-order valence-electron chi connectivity index (χ0n) is 31.1. The van der Waals surface area contributed by atoms with Gasteiger partial charge in [-0.15, -0.1) is 0 Å². The van der Waals surface area contributed by atoms with Crippen LogP contribution in [0.25, 0.3) is 0 Å². The maximum absolute atomic E-state index is 3.89. The molecule has 9 rings (SSSR count). The van der Waals surface area contributed by atoms with Crippen molar-refractivity contribution in [2.45, 2.75) is 128 Å². The Kier molecular flexibility index (Phi) is 9.75. The zero-order valence-corrected chi connectivity index (χ0v) is 31.1. The first-order valence-electron chi connectivity index (χ1n) is 20.7. The number of hydrogen-bond acceptors (Lipinski definition) is 0. The lowest BCUT2D eigenvalue weighted by Crippen LogP contribution is -2.09. The van der Waals surface area contributed by atoms with Gasteiger partial charge in [-0.3, -0.25) is 0 Å². The van der Waals surface area contributed by atoms with E-state index in [4.69, 9.17) is 0 Å². The van der Waals surface area contributed by atoms with Crippen molar-refractivity contribution in [2.75, 3.05) is 0 Å². The largest absolute Gasteiger partial charge is 0.0838 e. The number of benzene rings is 4. The summed E-state index contributed by atoms with van der Waals surface area (Å²) in [5.41, 5.74) is 23.0. The highest BCUT2D eigenvalue weighted by molar-refractivity contribution is 5.61. The van der Waals surface area contributed by atoms with E-state index in [1.54, 1.807) is 0 Å². The predicted molar refractivity (Wildman–Crippen MR) is 217 cm³/mol. The lowest BCUT2D eigenvalue weighted by molar-refractivity contribution is 0.682. The predicted octanol–water partition coefficient (Wildman–Crippen LogP) is 11.0. The molecule has 5 aliphatic rings. The third-order valence-corrected chi connectivity index (χ3v) is 12.8. The molecule has 0 bridgehead atoms. The molecule has 4 aromatic rings. The van der Waals surface area contributed by atoms with E-state index in [0.717, 1.165) is 51.4 Å². The van der Waals surface area contributed by atoms with Gasteiger partial charge in [-0.25, -0.2) is 0 Å². The minimum absolute atomic E-state index is 0.922. The summed E-state index contributed by atoms with van der Waals surface area (Å²) in [4.78, 5) is 0. The molecular weight excluding hydrogens is 625 g/mol. The number of allylic oxidation sites excluding steroid dienone is 4. The van der Waals surface area contributed by atoms with Gasteiger partial charge in [-0.05, 0) is 195 Å². The maximum atomic E-state index is 3.89. The van der Waals surface area contributed by atoms with Crippen LogP contribution in [0.2, 0.25) is 0 Å². The molecule has 0 fully saturated rings. The minimum Gasteiger partial charge on any atom is -0.0838 e. The van der Waals surface area contributed by atoms with Crippen molar-refractivity contribution in [2.24, 2.45) is 0 Å². The average molecular weight is 677 g/mol. The van der Waals surface area contributed by atoms with Gasteiger partial charge < -0.3 is 0 Å². The van der Waals surface area contributed by atoms with Crippen LogP contribution < -0.4 is 0 Å². The second kappa shape index (κ2) is 15.2. The summed E-state index contributed by atoms with van der Waals surface area (Å²) in [5, 5.41) is 0. The van der Waals surface area contributed by atoms with Gasteiger partial charge >= 0.3 is 0 Å². The van der Waals surface area contributed by atoms with Crippen LogP contribution >= 0.6 is 0 Å². The molecule has 0 aliphatic heterocycles. The minimum atomic E-state index is 0.922. The molecule has 0 atom stereocenters. The monoisotopic (exact) mass is 676 g/mol. The summed E-state index contributed by atoms with van der Waals surface area (Å²) in [6.45, 7) is 0. The Morgan fingerprint density at radius 2 is 0.462 bits per heavy atom. The molecule has 5 aliphatic carbocycles. The summed E-state index contributed by atoms with van der Waals surface area (Å²) in [7, 11) is 0. The van der Waals surface area contributed by atoms with Gasteiger partial charge in [0.15, 0.2) is 0 Å². The summed E-state index contributed by atoms with van der Waals surface area (Å²) < 4.78 is 0. The van der Waals surface area contributed by atoms with E-state index in [1.165, 1.54) is 166 Å². The molecule has 260 valence electrons. The Hall–Kier alpha value is -4.52. The normalized spacial score (nSPS) is 19.1. The number of fused-ring (bicyclic) bond motifs is 12. The highest BCUT2D eigenvalue weighted by atomic mass is 14.2. The second-order valence-electron chi connectivity index (χ2n) is 16.0. The molecule has 0 saturated carbocycles. The maximum Gasteiger partial charge on any atom is 0.0318 e. The highest BCUT2D eigenvalue weighted by Crippen LogP contribution is 2.32. The lowest BCUT2D eigenvalue weighted by atomic mass is 9.83. The van der Waals surface area contributed by atoms with Gasteiger partial charge in [-0.1, -0.05) is 96.5 Å². The Labute approximate surface area is 312 Å². The van der Waals surface area contributed by atoms with Crippen LogP contribution in [0.4, 0.5) is 0 Å². The molecule has 52 heavy (non-hydrogen) atoms. The Morgan fingerprint density at radius 1 is 0.250 bits per heavy atom. The molecule has 0 amide bonds. The fourth-order valence-corrected chi connectivity index (χ4v) is 9.90. The van der Waals surface area contributed by atoms with E-state index >= 15 is 0 Å². The summed E-state index contributed by atoms with van der Waals surface area (Å²) in [6, 6.07) is 19.2. The first-order chi connectivity index (χ1) is 25.8. The zero-order chi connectivity index (χ0) is 34.7. The molecule has 0 unspecified atom stereocenters. The fourth-order valence-electron chi connectivity index (χ4n) is 9.90. The molecule has 0 heterocycles. The molecule has 0 N–H and O–H groups in total. The van der Waals surface area contributed by atoms with E-state index in [9.17, 15) is 0 Å². The number of rotatable bonds is 0. The van der Waals surface area contributed by atoms with Gasteiger partial charge in [0.2, 0.25) is 0 Å². The van der Waals surface area contributed by atoms with Gasteiger partial charge in [-0.2, -0.15) is 0 Å². The van der Waals surface area contributed by atoms with Crippen molar-refractivity contribution in [1.82, 2.24) is 0 Å². The summed E-state index contributed by atoms with van der Waals surface area (Å²) in [6.07, 6.45) is 32.9. The fraction of sp³-hybridized carbons (Fsp3) is 0.385. The second-order valence-corrected chi connectivity index (χ2v) is 16.0.